The standard InChI is InChI=1S/C25H23N7O2S/c1-15-10-20(11-16(2)29-15)22-21(19-5-3-4-17(12-19)13-26)30-24(35-22)31-25(33)32-8-6-18(7-9-32)23-27-14-28-34-23/h3-5,10-12,14,18H,6-9H2,1-2H3,(H,30,31,33). The maximum absolute atomic E-state index is 13.0. The van der Waals surface area contributed by atoms with Gasteiger partial charge in [-0.05, 0) is 56.5 Å². The number of anilines is 1. The molecule has 0 aliphatic carbocycles. The fourth-order valence-corrected chi connectivity index (χ4v) is 5.29. The van der Waals surface area contributed by atoms with E-state index < -0.39 is 0 Å². The fraction of sp³-hybridized carbons (Fsp3) is 0.280. The molecule has 0 bridgehead atoms. The first-order chi connectivity index (χ1) is 17.0. The van der Waals surface area contributed by atoms with Gasteiger partial charge in [-0.2, -0.15) is 10.2 Å². The highest BCUT2D eigenvalue weighted by atomic mass is 32.1. The fourth-order valence-electron chi connectivity index (χ4n) is 4.33. The van der Waals surface area contributed by atoms with Crippen molar-refractivity contribution in [1.82, 2.24) is 25.0 Å². The second-order valence-electron chi connectivity index (χ2n) is 8.50. The van der Waals surface area contributed by atoms with Crippen LogP contribution in [0.5, 0.6) is 0 Å². The lowest BCUT2D eigenvalue weighted by atomic mass is 9.97. The van der Waals surface area contributed by atoms with E-state index in [0.717, 1.165) is 45.9 Å². The lowest BCUT2D eigenvalue weighted by molar-refractivity contribution is 0.187. The monoisotopic (exact) mass is 485 g/mol. The van der Waals surface area contributed by atoms with Gasteiger partial charge in [0.25, 0.3) is 0 Å². The van der Waals surface area contributed by atoms with Gasteiger partial charge in [-0.15, -0.1) is 0 Å². The van der Waals surface area contributed by atoms with Gasteiger partial charge in [0.2, 0.25) is 5.89 Å². The Kier molecular flexibility index (Phi) is 6.25. The van der Waals surface area contributed by atoms with Crippen LogP contribution >= 0.6 is 11.3 Å². The molecule has 1 aliphatic heterocycles. The summed E-state index contributed by atoms with van der Waals surface area (Å²) in [6.07, 6.45) is 2.94. The quantitative estimate of drug-likeness (QED) is 0.424. The predicted molar refractivity (Wildman–Crippen MR) is 132 cm³/mol. The number of hydrogen-bond donors (Lipinski definition) is 1. The highest BCUT2D eigenvalue weighted by Gasteiger charge is 2.27. The normalized spacial score (nSPS) is 14.0. The number of likely N-dealkylation sites (tertiary alicyclic amines) is 1. The number of carbonyl (C=O) groups is 1. The first-order valence-corrected chi connectivity index (χ1v) is 12.1. The van der Waals surface area contributed by atoms with Gasteiger partial charge in [-0.25, -0.2) is 9.78 Å². The Labute approximate surface area is 206 Å². The van der Waals surface area contributed by atoms with Gasteiger partial charge in [0.1, 0.15) is 0 Å². The first-order valence-electron chi connectivity index (χ1n) is 11.3. The molecule has 3 aromatic heterocycles. The number of thiazole rings is 1. The highest BCUT2D eigenvalue weighted by molar-refractivity contribution is 7.19. The summed E-state index contributed by atoms with van der Waals surface area (Å²) in [6.45, 7) is 5.09. The minimum absolute atomic E-state index is 0.171. The summed E-state index contributed by atoms with van der Waals surface area (Å²) >= 11 is 1.42. The number of nitrogens with one attached hydrogen (secondary N) is 1. The van der Waals surface area contributed by atoms with Crippen LogP contribution in [0.15, 0.2) is 47.2 Å². The highest BCUT2D eigenvalue weighted by Crippen LogP contribution is 2.40. The van der Waals surface area contributed by atoms with E-state index in [2.05, 4.69) is 26.5 Å². The van der Waals surface area contributed by atoms with Crippen LogP contribution in [0.25, 0.3) is 21.7 Å². The zero-order chi connectivity index (χ0) is 24.4. The molecule has 10 heteroatoms. The molecule has 0 atom stereocenters. The number of pyridine rings is 1. The number of carbonyl (C=O) groups excluding carboxylic acids is 1. The Bertz CT molecular complexity index is 1380. The van der Waals surface area contributed by atoms with Gasteiger partial charge in [-0.3, -0.25) is 10.3 Å². The molecule has 9 nitrogen and oxygen atoms in total. The van der Waals surface area contributed by atoms with Crippen molar-refractivity contribution < 1.29 is 9.32 Å². The third-order valence-electron chi connectivity index (χ3n) is 5.96. The van der Waals surface area contributed by atoms with E-state index in [-0.39, 0.29) is 11.9 Å². The van der Waals surface area contributed by atoms with Gasteiger partial charge in [-0.1, -0.05) is 28.6 Å². The Balaban J connectivity index is 1.41. The van der Waals surface area contributed by atoms with Crippen LogP contribution in [0.1, 0.15) is 41.6 Å². The Morgan fingerprint density at radius 1 is 1.14 bits per heavy atom. The maximum Gasteiger partial charge on any atom is 0.323 e. The third kappa shape index (κ3) is 4.90. The van der Waals surface area contributed by atoms with Crippen molar-refractivity contribution >= 4 is 22.5 Å². The van der Waals surface area contributed by atoms with Crippen LogP contribution in [0.3, 0.4) is 0 Å². The molecule has 4 aromatic rings. The molecule has 2 amide bonds. The molecule has 0 spiro atoms. The van der Waals surface area contributed by atoms with E-state index in [1.165, 1.54) is 17.7 Å². The van der Waals surface area contributed by atoms with Crippen LogP contribution in [-0.2, 0) is 0 Å². The van der Waals surface area contributed by atoms with E-state index in [9.17, 15) is 10.1 Å². The summed E-state index contributed by atoms with van der Waals surface area (Å²) in [5.41, 5.74) is 4.88. The summed E-state index contributed by atoms with van der Waals surface area (Å²) in [5, 5.41) is 16.5. The molecule has 1 aliphatic rings. The largest absolute Gasteiger partial charge is 0.339 e. The van der Waals surface area contributed by atoms with Gasteiger partial charge in [0.05, 0.1) is 22.2 Å². The minimum Gasteiger partial charge on any atom is -0.339 e. The topological polar surface area (TPSA) is 121 Å². The Hall–Kier alpha value is -4.10. The average Bonchev–Trinajstić information content (AvgIpc) is 3.54. The molecule has 5 rings (SSSR count). The molecular formula is C25H23N7O2S. The van der Waals surface area contributed by atoms with Crippen molar-refractivity contribution in [3.05, 3.63) is 65.6 Å². The van der Waals surface area contributed by atoms with Crippen molar-refractivity contribution in [2.24, 2.45) is 0 Å². The van der Waals surface area contributed by atoms with Crippen LogP contribution in [-0.4, -0.2) is 44.1 Å². The van der Waals surface area contributed by atoms with E-state index in [1.54, 1.807) is 11.0 Å². The van der Waals surface area contributed by atoms with Gasteiger partial charge in [0.15, 0.2) is 11.5 Å². The molecule has 1 fully saturated rings. The van der Waals surface area contributed by atoms with E-state index in [0.29, 0.717) is 29.7 Å². The predicted octanol–water partition coefficient (Wildman–Crippen LogP) is 5.16. The number of amides is 2. The smallest absolute Gasteiger partial charge is 0.323 e. The number of nitriles is 1. The average molecular weight is 486 g/mol. The number of hydrogen-bond acceptors (Lipinski definition) is 8. The van der Waals surface area contributed by atoms with E-state index in [4.69, 9.17) is 9.51 Å². The second-order valence-corrected chi connectivity index (χ2v) is 9.50. The minimum atomic E-state index is -0.186. The number of urea groups is 1. The molecule has 1 saturated heterocycles. The number of benzene rings is 1. The molecule has 0 saturated carbocycles. The van der Waals surface area contributed by atoms with Gasteiger partial charge in [0, 0.05) is 36.0 Å². The lowest BCUT2D eigenvalue weighted by Gasteiger charge is -2.30. The van der Waals surface area contributed by atoms with Crippen molar-refractivity contribution in [3.63, 3.8) is 0 Å². The SMILES string of the molecule is Cc1cc(-c2sc(NC(=O)N3CCC(c4ncno4)CC3)nc2-c2cccc(C#N)c2)cc(C)n1. The maximum atomic E-state index is 13.0. The van der Waals surface area contributed by atoms with Crippen molar-refractivity contribution in [1.29, 1.82) is 5.26 Å². The molecule has 176 valence electrons. The number of nitrogens with zero attached hydrogens (tertiary/aromatic N) is 6. The zero-order valence-electron chi connectivity index (χ0n) is 19.4. The molecule has 4 heterocycles. The molecule has 0 unspecified atom stereocenters. The van der Waals surface area contributed by atoms with Crippen LogP contribution in [0.4, 0.5) is 9.93 Å². The number of aromatic nitrogens is 4. The van der Waals surface area contributed by atoms with Gasteiger partial charge >= 0.3 is 6.03 Å². The lowest BCUT2D eigenvalue weighted by Crippen LogP contribution is -2.40. The molecule has 1 aromatic carbocycles. The van der Waals surface area contributed by atoms with Crippen molar-refractivity contribution in [2.45, 2.75) is 32.6 Å². The zero-order valence-corrected chi connectivity index (χ0v) is 20.2. The van der Waals surface area contributed by atoms with E-state index >= 15 is 0 Å². The Morgan fingerprint density at radius 2 is 1.91 bits per heavy atom. The molecule has 1 N–H and O–H groups in total. The first kappa shape index (κ1) is 22.7. The van der Waals surface area contributed by atoms with Crippen LogP contribution in [0, 0.1) is 25.2 Å². The summed E-state index contributed by atoms with van der Waals surface area (Å²) in [4.78, 5) is 29.1. The van der Waals surface area contributed by atoms with E-state index in [1.807, 2.05) is 44.2 Å². The van der Waals surface area contributed by atoms with Crippen molar-refractivity contribution in [3.8, 4) is 27.8 Å². The van der Waals surface area contributed by atoms with Crippen molar-refractivity contribution in [2.75, 3.05) is 18.4 Å². The Morgan fingerprint density at radius 3 is 2.60 bits per heavy atom. The van der Waals surface area contributed by atoms with Crippen LogP contribution in [0.2, 0.25) is 0 Å². The summed E-state index contributed by atoms with van der Waals surface area (Å²) in [7, 11) is 0. The number of rotatable bonds is 4. The number of piperidine rings is 1. The van der Waals surface area contributed by atoms with Gasteiger partial charge < -0.3 is 9.42 Å². The molecular weight excluding hydrogens is 462 g/mol. The third-order valence-corrected chi connectivity index (χ3v) is 6.98. The summed E-state index contributed by atoms with van der Waals surface area (Å²) in [6, 6.07) is 13.3. The summed E-state index contributed by atoms with van der Waals surface area (Å²) < 4.78 is 5.18. The molecule has 35 heavy (non-hydrogen) atoms. The number of aryl methyl sites for hydroxylation is 2. The summed E-state index contributed by atoms with van der Waals surface area (Å²) in [5.74, 6) is 0.798. The van der Waals surface area contributed by atoms with Crippen LogP contribution < -0.4 is 5.32 Å². The second kappa shape index (κ2) is 9.64. The molecule has 0 radical (unpaired) electrons.